The van der Waals surface area contributed by atoms with E-state index >= 15 is 0 Å². The van der Waals surface area contributed by atoms with E-state index in [4.69, 9.17) is 0 Å². The first kappa shape index (κ1) is 17.7. The summed E-state index contributed by atoms with van der Waals surface area (Å²) < 4.78 is 26.6. The predicted molar refractivity (Wildman–Crippen MR) is 92.9 cm³/mol. The third-order valence-electron chi connectivity index (χ3n) is 3.98. The SMILES string of the molecule is CCN(CC)S(=O)(=O)c1ccc(CN2C(=O)c3cccnc3C2=O)s1. The maximum atomic E-state index is 12.5. The molecule has 0 spiro atoms. The molecule has 2 aromatic heterocycles. The molecule has 0 aromatic carbocycles. The Morgan fingerprint density at radius 2 is 1.84 bits per heavy atom. The van der Waals surface area contributed by atoms with E-state index in [1.807, 2.05) is 0 Å². The normalized spacial score (nSPS) is 14.4. The number of thiophene rings is 1. The highest BCUT2D eigenvalue weighted by molar-refractivity contribution is 7.91. The Bertz CT molecular complexity index is 897. The van der Waals surface area contributed by atoms with E-state index in [1.54, 1.807) is 32.0 Å². The van der Waals surface area contributed by atoms with E-state index in [1.165, 1.54) is 16.6 Å². The van der Waals surface area contributed by atoms with Gasteiger partial charge < -0.3 is 0 Å². The Hall–Kier alpha value is -2.10. The lowest BCUT2D eigenvalue weighted by Gasteiger charge is -2.17. The molecule has 0 bridgehead atoms. The lowest BCUT2D eigenvalue weighted by atomic mass is 10.2. The maximum absolute atomic E-state index is 12.5. The summed E-state index contributed by atoms with van der Waals surface area (Å²) in [5.41, 5.74) is 0.417. The number of hydrogen-bond acceptors (Lipinski definition) is 6. The molecule has 0 N–H and O–H groups in total. The van der Waals surface area contributed by atoms with Gasteiger partial charge in [-0.15, -0.1) is 11.3 Å². The number of sulfonamides is 1. The van der Waals surface area contributed by atoms with Gasteiger partial charge in [0.15, 0.2) is 0 Å². The fraction of sp³-hybridized carbons (Fsp3) is 0.312. The van der Waals surface area contributed by atoms with Crippen LogP contribution in [0.4, 0.5) is 0 Å². The summed E-state index contributed by atoms with van der Waals surface area (Å²) in [6.07, 6.45) is 1.47. The zero-order chi connectivity index (χ0) is 18.2. The van der Waals surface area contributed by atoms with Crippen molar-refractivity contribution in [3.05, 3.63) is 46.6 Å². The number of aromatic nitrogens is 1. The largest absolute Gasteiger partial charge is 0.280 e. The lowest BCUT2D eigenvalue weighted by Crippen LogP contribution is -2.30. The lowest BCUT2D eigenvalue weighted by molar-refractivity contribution is 0.0642. The Kier molecular flexibility index (Phi) is 4.72. The number of amides is 2. The summed E-state index contributed by atoms with van der Waals surface area (Å²) in [6.45, 7) is 4.36. The molecule has 0 unspecified atom stereocenters. The molecule has 0 saturated carbocycles. The van der Waals surface area contributed by atoms with Crippen molar-refractivity contribution < 1.29 is 18.0 Å². The van der Waals surface area contributed by atoms with Crippen LogP contribution >= 0.6 is 11.3 Å². The van der Waals surface area contributed by atoms with Crippen LogP contribution in [0, 0.1) is 0 Å². The van der Waals surface area contributed by atoms with Gasteiger partial charge in [-0.1, -0.05) is 13.8 Å². The number of carbonyl (C=O) groups is 2. The van der Waals surface area contributed by atoms with Gasteiger partial charge in [0.1, 0.15) is 9.90 Å². The molecular formula is C16H17N3O4S2. The van der Waals surface area contributed by atoms with E-state index in [9.17, 15) is 18.0 Å². The van der Waals surface area contributed by atoms with Crippen LogP contribution in [0.3, 0.4) is 0 Å². The van der Waals surface area contributed by atoms with Crippen molar-refractivity contribution in [1.29, 1.82) is 0 Å². The van der Waals surface area contributed by atoms with Gasteiger partial charge in [0.25, 0.3) is 21.8 Å². The van der Waals surface area contributed by atoms with Crippen molar-refractivity contribution in [2.75, 3.05) is 13.1 Å². The van der Waals surface area contributed by atoms with Gasteiger partial charge in [0.2, 0.25) is 0 Å². The zero-order valence-corrected chi connectivity index (χ0v) is 15.4. The van der Waals surface area contributed by atoms with Crippen LogP contribution in [0.25, 0.3) is 0 Å². The summed E-state index contributed by atoms with van der Waals surface area (Å²) in [5, 5.41) is 0. The van der Waals surface area contributed by atoms with Crippen LogP contribution in [0.2, 0.25) is 0 Å². The molecule has 132 valence electrons. The van der Waals surface area contributed by atoms with Crippen molar-refractivity contribution in [1.82, 2.24) is 14.2 Å². The van der Waals surface area contributed by atoms with E-state index < -0.39 is 21.8 Å². The third kappa shape index (κ3) is 2.99. The smallest absolute Gasteiger partial charge is 0.268 e. The van der Waals surface area contributed by atoms with Crippen molar-refractivity contribution in [2.45, 2.75) is 24.6 Å². The second-order valence-electron chi connectivity index (χ2n) is 5.41. The standard InChI is InChI=1S/C16H17N3O4S2/c1-3-18(4-2)25(22,23)13-8-7-11(24-13)10-19-15(20)12-6-5-9-17-14(12)16(19)21/h5-9H,3-4,10H2,1-2H3. The summed E-state index contributed by atoms with van der Waals surface area (Å²) in [5.74, 6) is -0.864. The number of rotatable bonds is 6. The first-order valence-corrected chi connectivity index (χ1v) is 10.1. The Labute approximate surface area is 150 Å². The summed E-state index contributed by atoms with van der Waals surface area (Å²) in [6, 6.07) is 6.32. The van der Waals surface area contributed by atoms with Crippen LogP contribution in [0.5, 0.6) is 0 Å². The van der Waals surface area contributed by atoms with Crippen LogP contribution < -0.4 is 0 Å². The molecule has 1 aliphatic rings. The first-order valence-electron chi connectivity index (χ1n) is 7.80. The minimum atomic E-state index is -3.54. The summed E-state index contributed by atoms with van der Waals surface area (Å²) in [7, 11) is -3.54. The van der Waals surface area contributed by atoms with Crippen molar-refractivity contribution in [3.63, 3.8) is 0 Å². The number of nitrogens with zero attached hydrogens (tertiary/aromatic N) is 3. The van der Waals surface area contributed by atoms with Gasteiger partial charge in [0, 0.05) is 24.2 Å². The van der Waals surface area contributed by atoms with E-state index in [0.29, 0.717) is 18.0 Å². The van der Waals surface area contributed by atoms with Crippen LogP contribution in [-0.4, -0.2) is 47.5 Å². The molecule has 0 saturated heterocycles. The zero-order valence-electron chi connectivity index (χ0n) is 13.8. The molecule has 3 rings (SSSR count). The molecule has 7 nitrogen and oxygen atoms in total. The summed E-state index contributed by atoms with van der Waals surface area (Å²) >= 11 is 1.07. The molecule has 2 aromatic rings. The Morgan fingerprint density at radius 1 is 1.12 bits per heavy atom. The third-order valence-corrected chi connectivity index (χ3v) is 7.57. The molecule has 9 heteroatoms. The second kappa shape index (κ2) is 6.66. The van der Waals surface area contributed by atoms with Gasteiger partial charge in [-0.2, -0.15) is 4.31 Å². The molecule has 0 radical (unpaired) electrons. The fourth-order valence-electron chi connectivity index (χ4n) is 2.69. The van der Waals surface area contributed by atoms with Crippen molar-refractivity contribution in [3.8, 4) is 0 Å². The van der Waals surface area contributed by atoms with Crippen LogP contribution in [-0.2, 0) is 16.6 Å². The minimum Gasteiger partial charge on any atom is -0.268 e. The quantitative estimate of drug-likeness (QED) is 0.716. The molecule has 0 fully saturated rings. The van der Waals surface area contributed by atoms with Crippen molar-refractivity contribution in [2.24, 2.45) is 0 Å². The van der Waals surface area contributed by atoms with Gasteiger partial charge in [-0.05, 0) is 24.3 Å². The van der Waals surface area contributed by atoms with Crippen molar-refractivity contribution >= 4 is 33.2 Å². The Balaban J connectivity index is 1.84. The van der Waals surface area contributed by atoms with Gasteiger partial charge >= 0.3 is 0 Å². The topological polar surface area (TPSA) is 87.7 Å². The number of pyridine rings is 1. The van der Waals surface area contributed by atoms with E-state index in [2.05, 4.69) is 4.98 Å². The molecule has 0 atom stereocenters. The van der Waals surface area contributed by atoms with Gasteiger partial charge in [-0.25, -0.2) is 8.42 Å². The first-order chi connectivity index (χ1) is 11.9. The molecule has 3 heterocycles. The highest BCUT2D eigenvalue weighted by atomic mass is 32.2. The van der Waals surface area contributed by atoms with E-state index in [-0.39, 0.29) is 22.0 Å². The Morgan fingerprint density at radius 3 is 2.48 bits per heavy atom. The minimum absolute atomic E-state index is 0.0342. The molecule has 25 heavy (non-hydrogen) atoms. The van der Waals surface area contributed by atoms with Crippen LogP contribution in [0.1, 0.15) is 39.6 Å². The number of fused-ring (bicyclic) bond motifs is 1. The van der Waals surface area contributed by atoms with Gasteiger partial charge in [-0.3, -0.25) is 19.5 Å². The average molecular weight is 379 g/mol. The summed E-state index contributed by atoms with van der Waals surface area (Å²) in [4.78, 5) is 30.4. The van der Waals surface area contributed by atoms with Gasteiger partial charge in [0.05, 0.1) is 12.1 Å². The molecule has 0 aliphatic carbocycles. The predicted octanol–water partition coefficient (Wildman–Crippen LogP) is 1.97. The monoisotopic (exact) mass is 379 g/mol. The molecule has 1 aliphatic heterocycles. The average Bonchev–Trinajstić information content (AvgIpc) is 3.16. The number of carbonyl (C=O) groups excluding carboxylic acids is 2. The second-order valence-corrected chi connectivity index (χ2v) is 8.74. The number of imide groups is 1. The highest BCUT2D eigenvalue weighted by Gasteiger charge is 2.37. The van der Waals surface area contributed by atoms with E-state index in [0.717, 1.165) is 16.2 Å². The highest BCUT2D eigenvalue weighted by Crippen LogP contribution is 2.28. The van der Waals surface area contributed by atoms with Crippen LogP contribution in [0.15, 0.2) is 34.7 Å². The maximum Gasteiger partial charge on any atom is 0.280 e. The number of hydrogen-bond donors (Lipinski definition) is 0. The molecule has 2 amide bonds. The molecular weight excluding hydrogens is 362 g/mol. The fourth-order valence-corrected chi connectivity index (χ4v) is 5.64.